The Kier molecular flexibility index (Phi) is 6.06. The third kappa shape index (κ3) is 4.69. The molecule has 0 spiro atoms. The van der Waals surface area contributed by atoms with Gasteiger partial charge in [0.1, 0.15) is 0 Å². The summed E-state index contributed by atoms with van der Waals surface area (Å²) in [6.45, 7) is 8.40. The van der Waals surface area contributed by atoms with E-state index >= 15 is 0 Å². The summed E-state index contributed by atoms with van der Waals surface area (Å²) in [4.78, 5) is 11.3. The summed E-state index contributed by atoms with van der Waals surface area (Å²) in [6.07, 6.45) is 5.30. The quantitative estimate of drug-likeness (QED) is 0.783. The molecule has 1 N–H and O–H groups in total. The van der Waals surface area contributed by atoms with Crippen LogP contribution in [0, 0.1) is 11.8 Å². The van der Waals surface area contributed by atoms with Crippen LogP contribution in [0.15, 0.2) is 12.3 Å². The lowest BCUT2D eigenvalue weighted by atomic mass is 9.93. The molecule has 0 aliphatic heterocycles. The molecule has 1 rings (SSSR count). The molecule has 0 bridgehead atoms. The summed E-state index contributed by atoms with van der Waals surface area (Å²) in [5.74, 6) is -0.655. The Morgan fingerprint density at radius 2 is 2.00 bits per heavy atom. The number of carbonyl (C=O) groups is 1. The second-order valence-corrected chi connectivity index (χ2v) is 5.63. The Hall–Kier alpha value is -1.32. The highest BCUT2D eigenvalue weighted by Crippen LogP contribution is 2.19. The maximum Gasteiger partial charge on any atom is 0.306 e. The van der Waals surface area contributed by atoms with Crippen LogP contribution in [0.4, 0.5) is 0 Å². The Balaban J connectivity index is 2.72. The number of hydrogen-bond donors (Lipinski definition) is 1. The normalized spacial score (nSPS) is 13.2. The van der Waals surface area contributed by atoms with Gasteiger partial charge in [0.05, 0.1) is 17.7 Å². The molecular weight excluding hydrogens is 240 g/mol. The van der Waals surface area contributed by atoms with Crippen LogP contribution in [0.2, 0.25) is 0 Å². The number of carboxylic acid groups (broad SMARTS) is 1. The van der Waals surface area contributed by atoms with Crippen molar-refractivity contribution < 1.29 is 9.90 Å². The lowest BCUT2D eigenvalue weighted by Crippen LogP contribution is -2.19. The van der Waals surface area contributed by atoms with Gasteiger partial charge in [-0.2, -0.15) is 5.10 Å². The molecule has 0 amide bonds. The molecule has 0 radical (unpaired) electrons. The van der Waals surface area contributed by atoms with Crippen molar-refractivity contribution in [2.75, 3.05) is 0 Å². The van der Waals surface area contributed by atoms with Crippen molar-refractivity contribution >= 4 is 5.97 Å². The van der Waals surface area contributed by atoms with E-state index in [2.05, 4.69) is 32.8 Å². The van der Waals surface area contributed by atoms with Gasteiger partial charge in [0.25, 0.3) is 0 Å². The zero-order chi connectivity index (χ0) is 14.4. The average molecular weight is 266 g/mol. The van der Waals surface area contributed by atoms with Gasteiger partial charge in [-0.15, -0.1) is 0 Å². The number of carboxylic acids is 1. The first-order valence-electron chi connectivity index (χ1n) is 7.24. The standard InChI is InChI=1S/C15H26N2O2/c1-5-14(6-2)17-8-7-13(16-17)10-12(15(18)19)9-11(3)4/h7-8,11-12,14H,5-6,9-10H2,1-4H3,(H,18,19). The summed E-state index contributed by atoms with van der Waals surface area (Å²) in [5, 5.41) is 13.8. The Morgan fingerprint density at radius 3 is 2.47 bits per heavy atom. The number of rotatable bonds is 8. The first-order valence-corrected chi connectivity index (χ1v) is 7.24. The minimum atomic E-state index is -0.717. The van der Waals surface area contributed by atoms with Crippen LogP contribution in [0.5, 0.6) is 0 Å². The molecule has 1 unspecified atom stereocenters. The first-order chi connectivity index (χ1) is 8.97. The SMILES string of the molecule is CCC(CC)n1ccc(CC(CC(C)C)C(=O)O)n1. The van der Waals surface area contributed by atoms with Gasteiger partial charge in [-0.1, -0.05) is 27.7 Å². The molecule has 4 heteroatoms. The van der Waals surface area contributed by atoms with Gasteiger partial charge >= 0.3 is 5.97 Å². The minimum Gasteiger partial charge on any atom is -0.481 e. The van der Waals surface area contributed by atoms with Crippen molar-refractivity contribution in [1.82, 2.24) is 9.78 Å². The monoisotopic (exact) mass is 266 g/mol. The first kappa shape index (κ1) is 15.7. The summed E-state index contributed by atoms with van der Waals surface area (Å²) < 4.78 is 1.98. The summed E-state index contributed by atoms with van der Waals surface area (Å²) >= 11 is 0. The second-order valence-electron chi connectivity index (χ2n) is 5.63. The van der Waals surface area contributed by atoms with Crippen molar-refractivity contribution in [3.63, 3.8) is 0 Å². The van der Waals surface area contributed by atoms with E-state index in [0.717, 1.165) is 18.5 Å². The zero-order valence-electron chi connectivity index (χ0n) is 12.5. The van der Waals surface area contributed by atoms with E-state index in [1.54, 1.807) is 0 Å². The topological polar surface area (TPSA) is 55.1 Å². The smallest absolute Gasteiger partial charge is 0.306 e. The van der Waals surface area contributed by atoms with Gasteiger partial charge in [-0.3, -0.25) is 9.48 Å². The number of aromatic nitrogens is 2. The largest absolute Gasteiger partial charge is 0.481 e. The second kappa shape index (κ2) is 7.31. The van der Waals surface area contributed by atoms with E-state index in [4.69, 9.17) is 0 Å². The van der Waals surface area contributed by atoms with E-state index in [1.807, 2.05) is 16.9 Å². The van der Waals surface area contributed by atoms with Crippen molar-refractivity contribution in [2.45, 2.75) is 59.4 Å². The highest BCUT2D eigenvalue weighted by Gasteiger charge is 2.21. The van der Waals surface area contributed by atoms with Gasteiger partial charge in [0, 0.05) is 12.6 Å². The van der Waals surface area contributed by atoms with E-state index in [-0.39, 0.29) is 5.92 Å². The Morgan fingerprint density at radius 1 is 1.37 bits per heavy atom. The molecule has 1 heterocycles. The maximum atomic E-state index is 11.3. The predicted molar refractivity (Wildman–Crippen MR) is 76.1 cm³/mol. The van der Waals surface area contributed by atoms with Gasteiger partial charge < -0.3 is 5.11 Å². The fourth-order valence-electron chi connectivity index (χ4n) is 2.45. The van der Waals surface area contributed by atoms with Crippen LogP contribution in [0.25, 0.3) is 0 Å². The fraction of sp³-hybridized carbons (Fsp3) is 0.733. The Labute approximate surface area is 115 Å². The third-order valence-corrected chi connectivity index (χ3v) is 3.54. The van der Waals surface area contributed by atoms with E-state index in [9.17, 15) is 9.90 Å². The lowest BCUT2D eigenvalue weighted by molar-refractivity contribution is -0.142. The van der Waals surface area contributed by atoms with Crippen LogP contribution in [-0.2, 0) is 11.2 Å². The van der Waals surface area contributed by atoms with Crippen LogP contribution in [-0.4, -0.2) is 20.9 Å². The highest BCUT2D eigenvalue weighted by atomic mass is 16.4. The molecule has 0 saturated heterocycles. The zero-order valence-corrected chi connectivity index (χ0v) is 12.5. The van der Waals surface area contributed by atoms with Gasteiger partial charge in [0.15, 0.2) is 0 Å². The average Bonchev–Trinajstić information content (AvgIpc) is 2.78. The van der Waals surface area contributed by atoms with Crippen LogP contribution < -0.4 is 0 Å². The van der Waals surface area contributed by atoms with E-state index < -0.39 is 5.97 Å². The molecule has 1 aromatic rings. The molecule has 1 aromatic heterocycles. The minimum absolute atomic E-state index is 0.329. The van der Waals surface area contributed by atoms with Crippen LogP contribution in [0.3, 0.4) is 0 Å². The molecular formula is C15H26N2O2. The number of aliphatic carboxylic acids is 1. The number of hydrogen-bond acceptors (Lipinski definition) is 2. The van der Waals surface area contributed by atoms with Gasteiger partial charge in [-0.25, -0.2) is 0 Å². The predicted octanol–water partition coefficient (Wildman–Crippen LogP) is 3.53. The van der Waals surface area contributed by atoms with Crippen LogP contribution in [0.1, 0.15) is 58.7 Å². The molecule has 0 aliphatic carbocycles. The molecule has 19 heavy (non-hydrogen) atoms. The summed E-state index contributed by atoms with van der Waals surface area (Å²) in [5.41, 5.74) is 0.889. The van der Waals surface area contributed by atoms with Crippen molar-refractivity contribution in [3.05, 3.63) is 18.0 Å². The molecule has 0 aliphatic rings. The van der Waals surface area contributed by atoms with Gasteiger partial charge in [0.2, 0.25) is 0 Å². The molecule has 0 aromatic carbocycles. The fourth-order valence-corrected chi connectivity index (χ4v) is 2.45. The third-order valence-electron chi connectivity index (χ3n) is 3.54. The van der Waals surface area contributed by atoms with Crippen molar-refractivity contribution in [2.24, 2.45) is 11.8 Å². The van der Waals surface area contributed by atoms with E-state index in [1.165, 1.54) is 0 Å². The summed E-state index contributed by atoms with van der Waals surface area (Å²) in [7, 11) is 0. The number of nitrogens with zero attached hydrogens (tertiary/aromatic N) is 2. The molecule has 0 fully saturated rings. The van der Waals surface area contributed by atoms with Crippen molar-refractivity contribution in [1.29, 1.82) is 0 Å². The van der Waals surface area contributed by atoms with Gasteiger partial charge in [-0.05, 0) is 31.2 Å². The highest BCUT2D eigenvalue weighted by molar-refractivity contribution is 5.70. The summed E-state index contributed by atoms with van der Waals surface area (Å²) in [6, 6.07) is 2.37. The van der Waals surface area contributed by atoms with Crippen LogP contribution >= 0.6 is 0 Å². The Bertz CT molecular complexity index is 395. The molecule has 0 saturated carbocycles. The molecule has 4 nitrogen and oxygen atoms in total. The van der Waals surface area contributed by atoms with E-state index in [0.29, 0.717) is 24.8 Å². The van der Waals surface area contributed by atoms with Crippen molar-refractivity contribution in [3.8, 4) is 0 Å². The lowest BCUT2D eigenvalue weighted by Gasteiger charge is -2.14. The molecule has 108 valence electrons. The maximum absolute atomic E-state index is 11.3. The molecule has 1 atom stereocenters.